The highest BCUT2D eigenvalue weighted by atomic mass is 16.7. The maximum Gasteiger partial charge on any atom is 0.157 e. The van der Waals surface area contributed by atoms with E-state index in [2.05, 4.69) is 0 Å². The molecule has 5 heteroatoms. The Morgan fingerprint density at radius 2 is 1.89 bits per heavy atom. The van der Waals surface area contributed by atoms with Gasteiger partial charge in [0.1, 0.15) is 6.10 Å². The van der Waals surface area contributed by atoms with Crippen LogP contribution in [0.25, 0.3) is 0 Å². The summed E-state index contributed by atoms with van der Waals surface area (Å²) in [4.78, 5) is 0. The molecule has 1 unspecified atom stereocenters. The first kappa shape index (κ1) is 14.2. The smallest absolute Gasteiger partial charge is 0.157 e. The van der Waals surface area contributed by atoms with E-state index in [4.69, 9.17) is 18.9 Å². The third-order valence-electron chi connectivity index (χ3n) is 3.75. The van der Waals surface area contributed by atoms with Gasteiger partial charge in [-0.1, -0.05) is 0 Å². The van der Waals surface area contributed by atoms with Crippen molar-refractivity contribution < 1.29 is 24.1 Å². The molecule has 0 radical (unpaired) electrons. The van der Waals surface area contributed by atoms with Crippen LogP contribution in [0.1, 0.15) is 32.6 Å². The number of hydrogen-bond acceptors (Lipinski definition) is 5. The molecule has 0 amide bonds. The highest BCUT2D eigenvalue weighted by Gasteiger charge is 2.39. The minimum absolute atomic E-state index is 0.00913. The Morgan fingerprint density at radius 3 is 2.50 bits per heavy atom. The van der Waals surface area contributed by atoms with Crippen LogP contribution in [0.15, 0.2) is 0 Å². The monoisotopic (exact) mass is 260 g/mol. The largest absolute Gasteiger partial charge is 0.394 e. The van der Waals surface area contributed by atoms with Crippen LogP contribution < -0.4 is 0 Å². The zero-order chi connectivity index (χ0) is 13.0. The van der Waals surface area contributed by atoms with Gasteiger partial charge >= 0.3 is 0 Å². The molecule has 0 aromatic rings. The second kappa shape index (κ2) is 6.82. The van der Waals surface area contributed by atoms with Gasteiger partial charge in [-0.3, -0.25) is 0 Å². The average Bonchev–Trinajstić information content (AvgIpc) is 3.03. The lowest BCUT2D eigenvalue weighted by Crippen LogP contribution is -2.35. The third-order valence-corrected chi connectivity index (χ3v) is 3.75. The fraction of sp³-hybridized carbons (Fsp3) is 1.00. The van der Waals surface area contributed by atoms with Gasteiger partial charge in [-0.2, -0.15) is 0 Å². The Morgan fingerprint density at radius 1 is 1.17 bits per heavy atom. The minimum atomic E-state index is -0.209. The van der Waals surface area contributed by atoms with Crippen molar-refractivity contribution in [2.24, 2.45) is 0 Å². The van der Waals surface area contributed by atoms with E-state index in [0.717, 1.165) is 25.7 Å². The summed E-state index contributed by atoms with van der Waals surface area (Å²) in [5, 5.41) is 9.29. The van der Waals surface area contributed by atoms with Crippen LogP contribution in [0.2, 0.25) is 0 Å². The van der Waals surface area contributed by atoms with Crippen molar-refractivity contribution in [1.29, 1.82) is 0 Å². The van der Waals surface area contributed by atoms with E-state index >= 15 is 0 Å². The molecule has 2 saturated heterocycles. The summed E-state index contributed by atoms with van der Waals surface area (Å²) >= 11 is 0. The molecule has 0 aromatic carbocycles. The van der Waals surface area contributed by atoms with Gasteiger partial charge in [0.25, 0.3) is 0 Å². The lowest BCUT2D eigenvalue weighted by molar-refractivity contribution is -0.157. The van der Waals surface area contributed by atoms with E-state index in [9.17, 15) is 5.11 Å². The molecule has 106 valence electrons. The average molecular weight is 260 g/mol. The first-order valence-electron chi connectivity index (χ1n) is 6.84. The second-order valence-electron chi connectivity index (χ2n) is 4.88. The van der Waals surface area contributed by atoms with E-state index < -0.39 is 0 Å². The molecule has 0 aliphatic carbocycles. The fourth-order valence-corrected chi connectivity index (χ4v) is 2.81. The van der Waals surface area contributed by atoms with E-state index in [1.54, 1.807) is 7.11 Å². The number of aliphatic hydroxyl groups is 1. The molecular formula is C13H24O5. The van der Waals surface area contributed by atoms with Crippen LogP contribution in [-0.4, -0.2) is 56.1 Å². The number of hydrogen-bond donors (Lipinski definition) is 1. The van der Waals surface area contributed by atoms with Gasteiger partial charge in [0.05, 0.1) is 24.9 Å². The van der Waals surface area contributed by atoms with Crippen LogP contribution in [0.5, 0.6) is 0 Å². The Balaban J connectivity index is 1.81. The molecule has 0 spiro atoms. The Bertz CT molecular complexity index is 248. The quantitative estimate of drug-likeness (QED) is 0.774. The van der Waals surface area contributed by atoms with Crippen molar-refractivity contribution in [3.05, 3.63) is 0 Å². The Kier molecular flexibility index (Phi) is 5.38. The second-order valence-corrected chi connectivity index (χ2v) is 4.88. The minimum Gasteiger partial charge on any atom is -0.394 e. The fourth-order valence-electron chi connectivity index (χ4n) is 2.81. The van der Waals surface area contributed by atoms with Crippen molar-refractivity contribution in [3.8, 4) is 0 Å². The normalized spacial score (nSPS) is 38.2. The van der Waals surface area contributed by atoms with Gasteiger partial charge in [0.15, 0.2) is 6.29 Å². The van der Waals surface area contributed by atoms with Gasteiger partial charge in [-0.25, -0.2) is 0 Å². The lowest BCUT2D eigenvalue weighted by atomic mass is 10.1. The van der Waals surface area contributed by atoms with Crippen LogP contribution in [-0.2, 0) is 18.9 Å². The van der Waals surface area contributed by atoms with Crippen LogP contribution in [0, 0.1) is 0 Å². The molecule has 5 nitrogen and oxygen atoms in total. The SMILES string of the molecule is CCO[C@H](CO)[C@@H]1CC[C@@H]([C@H]2CCC(OC)O2)O1. The van der Waals surface area contributed by atoms with Crippen LogP contribution in [0.3, 0.4) is 0 Å². The topological polar surface area (TPSA) is 57.2 Å². The van der Waals surface area contributed by atoms with Gasteiger partial charge < -0.3 is 24.1 Å². The van der Waals surface area contributed by atoms with Crippen molar-refractivity contribution in [1.82, 2.24) is 0 Å². The van der Waals surface area contributed by atoms with Crippen molar-refractivity contribution in [2.75, 3.05) is 20.3 Å². The number of methoxy groups -OCH3 is 1. The maximum absolute atomic E-state index is 9.29. The zero-order valence-electron chi connectivity index (χ0n) is 11.2. The van der Waals surface area contributed by atoms with Crippen molar-refractivity contribution in [3.63, 3.8) is 0 Å². The van der Waals surface area contributed by atoms with Gasteiger partial charge in [0, 0.05) is 20.1 Å². The summed E-state index contributed by atoms with van der Waals surface area (Å²) in [5.74, 6) is 0. The molecule has 2 aliphatic heterocycles. The zero-order valence-corrected chi connectivity index (χ0v) is 11.2. The Hall–Kier alpha value is -0.200. The first-order valence-corrected chi connectivity index (χ1v) is 6.84. The first-order chi connectivity index (χ1) is 8.78. The number of aliphatic hydroxyl groups excluding tert-OH is 1. The summed E-state index contributed by atoms with van der Waals surface area (Å²) in [6, 6.07) is 0. The molecule has 0 saturated carbocycles. The Labute approximate surface area is 108 Å². The summed E-state index contributed by atoms with van der Waals surface area (Å²) in [6.07, 6.45) is 3.74. The number of rotatable bonds is 6. The summed E-state index contributed by atoms with van der Waals surface area (Å²) < 4.78 is 22.4. The standard InChI is InChI=1S/C13H24O5/c1-3-16-12(8-14)11-5-4-9(17-11)10-6-7-13(15-2)18-10/h9-14H,3-8H2,1-2H3/t9-,10+,11-,12+,13?/m0/s1. The van der Waals surface area contributed by atoms with Crippen LogP contribution >= 0.6 is 0 Å². The molecular weight excluding hydrogens is 236 g/mol. The summed E-state index contributed by atoms with van der Waals surface area (Å²) in [5.41, 5.74) is 0. The molecule has 0 bridgehead atoms. The van der Waals surface area contributed by atoms with Gasteiger partial charge in [-0.05, 0) is 26.2 Å². The predicted octanol–water partition coefficient (Wildman–Crippen LogP) is 1.08. The molecule has 2 rings (SSSR count). The van der Waals surface area contributed by atoms with Crippen molar-refractivity contribution >= 4 is 0 Å². The molecule has 18 heavy (non-hydrogen) atoms. The molecule has 5 atom stereocenters. The summed E-state index contributed by atoms with van der Waals surface area (Å²) in [7, 11) is 1.67. The van der Waals surface area contributed by atoms with E-state index in [-0.39, 0.29) is 37.3 Å². The molecule has 2 aliphatic rings. The predicted molar refractivity (Wildman–Crippen MR) is 65.3 cm³/mol. The lowest BCUT2D eigenvalue weighted by Gasteiger charge is -2.24. The van der Waals surface area contributed by atoms with Gasteiger partial charge in [-0.15, -0.1) is 0 Å². The molecule has 1 N–H and O–H groups in total. The van der Waals surface area contributed by atoms with E-state index in [0.29, 0.717) is 6.61 Å². The highest BCUT2D eigenvalue weighted by molar-refractivity contribution is 4.86. The maximum atomic E-state index is 9.29. The highest BCUT2D eigenvalue weighted by Crippen LogP contribution is 2.32. The van der Waals surface area contributed by atoms with Crippen LogP contribution in [0.4, 0.5) is 0 Å². The molecule has 0 aromatic heterocycles. The summed E-state index contributed by atoms with van der Waals surface area (Å²) in [6.45, 7) is 2.54. The molecule has 2 fully saturated rings. The van der Waals surface area contributed by atoms with E-state index in [1.165, 1.54) is 0 Å². The third kappa shape index (κ3) is 3.22. The number of ether oxygens (including phenoxy) is 4. The van der Waals surface area contributed by atoms with Crippen molar-refractivity contribution in [2.45, 2.75) is 63.3 Å². The molecule has 2 heterocycles. The van der Waals surface area contributed by atoms with Gasteiger partial charge in [0.2, 0.25) is 0 Å². The van der Waals surface area contributed by atoms with E-state index in [1.807, 2.05) is 6.92 Å².